The number of amides is 1. The van der Waals surface area contributed by atoms with E-state index in [0.29, 0.717) is 17.4 Å². The SMILES string of the molecule is O=C(Nc1cc2ccccn2n1)c1csc(C2CCCNC2)n1. The lowest BCUT2D eigenvalue weighted by Crippen LogP contribution is -2.28. The monoisotopic (exact) mass is 327 g/mol. The number of nitrogens with one attached hydrogen (secondary N) is 2. The van der Waals surface area contributed by atoms with Gasteiger partial charge in [0, 0.05) is 30.1 Å². The number of rotatable bonds is 3. The number of nitrogens with zero attached hydrogens (tertiary/aromatic N) is 3. The molecule has 23 heavy (non-hydrogen) atoms. The predicted octanol–water partition coefficient (Wildman–Crippen LogP) is 2.51. The molecule has 1 aliphatic rings. The Morgan fingerprint density at radius 2 is 2.39 bits per heavy atom. The van der Waals surface area contributed by atoms with Gasteiger partial charge in [0.05, 0.1) is 10.5 Å². The van der Waals surface area contributed by atoms with Gasteiger partial charge in [-0.3, -0.25) is 4.79 Å². The number of thiazole rings is 1. The van der Waals surface area contributed by atoms with Gasteiger partial charge < -0.3 is 10.6 Å². The highest BCUT2D eigenvalue weighted by Gasteiger charge is 2.20. The number of piperidine rings is 1. The van der Waals surface area contributed by atoms with Gasteiger partial charge in [-0.25, -0.2) is 9.50 Å². The number of carbonyl (C=O) groups is 1. The summed E-state index contributed by atoms with van der Waals surface area (Å²) < 4.78 is 1.73. The average Bonchev–Trinajstić information content (AvgIpc) is 3.22. The number of carbonyl (C=O) groups excluding carboxylic acids is 1. The Balaban J connectivity index is 1.49. The Kier molecular flexibility index (Phi) is 3.80. The predicted molar refractivity (Wildman–Crippen MR) is 90.1 cm³/mol. The zero-order valence-corrected chi connectivity index (χ0v) is 13.3. The molecule has 3 aromatic rings. The number of aromatic nitrogens is 3. The maximum Gasteiger partial charge on any atom is 0.276 e. The zero-order chi connectivity index (χ0) is 15.6. The lowest BCUT2D eigenvalue weighted by molar-refractivity contribution is 0.102. The molecular weight excluding hydrogens is 310 g/mol. The molecule has 1 saturated heterocycles. The van der Waals surface area contributed by atoms with Crippen molar-refractivity contribution in [1.82, 2.24) is 19.9 Å². The van der Waals surface area contributed by atoms with Crippen LogP contribution in [0.25, 0.3) is 5.52 Å². The van der Waals surface area contributed by atoms with Crippen molar-refractivity contribution in [3.05, 3.63) is 46.5 Å². The summed E-state index contributed by atoms with van der Waals surface area (Å²) in [5, 5.41) is 13.4. The fourth-order valence-electron chi connectivity index (χ4n) is 2.82. The average molecular weight is 327 g/mol. The molecular formula is C16H17N5OS. The van der Waals surface area contributed by atoms with Crippen LogP contribution in [-0.2, 0) is 0 Å². The van der Waals surface area contributed by atoms with Crippen molar-refractivity contribution in [2.24, 2.45) is 0 Å². The summed E-state index contributed by atoms with van der Waals surface area (Å²) in [7, 11) is 0. The van der Waals surface area contributed by atoms with Crippen LogP contribution in [0.2, 0.25) is 0 Å². The van der Waals surface area contributed by atoms with E-state index in [9.17, 15) is 4.79 Å². The van der Waals surface area contributed by atoms with Crippen LogP contribution >= 0.6 is 11.3 Å². The van der Waals surface area contributed by atoms with Crippen LogP contribution < -0.4 is 10.6 Å². The minimum Gasteiger partial charge on any atom is -0.316 e. The van der Waals surface area contributed by atoms with Gasteiger partial charge in [0.2, 0.25) is 0 Å². The lowest BCUT2D eigenvalue weighted by atomic mass is 10.0. The minimum absolute atomic E-state index is 0.209. The van der Waals surface area contributed by atoms with E-state index in [-0.39, 0.29) is 5.91 Å². The van der Waals surface area contributed by atoms with Gasteiger partial charge in [-0.2, -0.15) is 5.10 Å². The molecule has 0 aliphatic carbocycles. The molecule has 4 rings (SSSR count). The third-order valence-electron chi connectivity index (χ3n) is 4.01. The largest absolute Gasteiger partial charge is 0.316 e. The summed E-state index contributed by atoms with van der Waals surface area (Å²) in [6, 6.07) is 7.62. The number of hydrogen-bond acceptors (Lipinski definition) is 5. The summed E-state index contributed by atoms with van der Waals surface area (Å²) in [5.74, 6) is 0.750. The Morgan fingerprint density at radius 1 is 1.43 bits per heavy atom. The second-order valence-electron chi connectivity index (χ2n) is 5.67. The number of anilines is 1. The summed E-state index contributed by atoms with van der Waals surface area (Å²) in [4.78, 5) is 16.9. The highest BCUT2D eigenvalue weighted by Crippen LogP contribution is 2.26. The maximum atomic E-state index is 12.4. The lowest BCUT2D eigenvalue weighted by Gasteiger charge is -2.20. The van der Waals surface area contributed by atoms with E-state index in [2.05, 4.69) is 20.7 Å². The van der Waals surface area contributed by atoms with Crippen molar-refractivity contribution in [2.45, 2.75) is 18.8 Å². The molecule has 0 aromatic carbocycles. The van der Waals surface area contributed by atoms with Gasteiger partial charge in [-0.15, -0.1) is 11.3 Å². The topological polar surface area (TPSA) is 71.3 Å². The number of pyridine rings is 1. The second kappa shape index (κ2) is 6.10. The third-order valence-corrected chi connectivity index (χ3v) is 5.02. The van der Waals surface area contributed by atoms with Crippen LogP contribution in [0.3, 0.4) is 0 Å². The van der Waals surface area contributed by atoms with E-state index in [4.69, 9.17) is 0 Å². The van der Waals surface area contributed by atoms with Crippen molar-refractivity contribution in [1.29, 1.82) is 0 Å². The molecule has 2 N–H and O–H groups in total. The fourth-order valence-corrected chi connectivity index (χ4v) is 3.76. The van der Waals surface area contributed by atoms with Crippen molar-refractivity contribution in [2.75, 3.05) is 18.4 Å². The molecule has 1 amide bonds. The molecule has 7 heteroatoms. The van der Waals surface area contributed by atoms with Crippen LogP contribution in [0.5, 0.6) is 0 Å². The van der Waals surface area contributed by atoms with Crippen LogP contribution in [0.1, 0.15) is 34.3 Å². The van der Waals surface area contributed by atoms with Gasteiger partial charge in [0.15, 0.2) is 5.82 Å². The van der Waals surface area contributed by atoms with E-state index >= 15 is 0 Å². The van der Waals surface area contributed by atoms with E-state index in [1.54, 1.807) is 15.9 Å². The first-order chi connectivity index (χ1) is 11.3. The van der Waals surface area contributed by atoms with Crippen LogP contribution in [0.15, 0.2) is 35.8 Å². The van der Waals surface area contributed by atoms with Gasteiger partial charge >= 0.3 is 0 Å². The van der Waals surface area contributed by atoms with E-state index in [0.717, 1.165) is 36.5 Å². The second-order valence-corrected chi connectivity index (χ2v) is 6.56. The first-order valence-corrected chi connectivity index (χ1v) is 8.59. The summed E-state index contributed by atoms with van der Waals surface area (Å²) in [6.45, 7) is 2.02. The van der Waals surface area contributed by atoms with Gasteiger partial charge in [0.1, 0.15) is 5.69 Å². The highest BCUT2D eigenvalue weighted by atomic mass is 32.1. The molecule has 1 aliphatic heterocycles. The van der Waals surface area contributed by atoms with Gasteiger partial charge in [-0.1, -0.05) is 6.07 Å². The summed E-state index contributed by atoms with van der Waals surface area (Å²) in [5.41, 5.74) is 1.41. The van der Waals surface area contributed by atoms with Crippen molar-refractivity contribution in [3.8, 4) is 0 Å². The molecule has 4 heterocycles. The Morgan fingerprint density at radius 3 is 3.22 bits per heavy atom. The van der Waals surface area contributed by atoms with Gasteiger partial charge in [0.25, 0.3) is 5.91 Å². The van der Waals surface area contributed by atoms with Crippen molar-refractivity contribution < 1.29 is 4.79 Å². The molecule has 118 valence electrons. The highest BCUT2D eigenvalue weighted by molar-refractivity contribution is 7.10. The molecule has 3 aromatic heterocycles. The number of fused-ring (bicyclic) bond motifs is 1. The summed E-state index contributed by atoms with van der Waals surface area (Å²) >= 11 is 1.56. The normalized spacial score (nSPS) is 18.2. The molecule has 0 radical (unpaired) electrons. The standard InChI is InChI=1S/C16H17N5OS/c22-15(19-14-8-12-5-1-2-7-21(12)20-14)13-10-23-16(18-13)11-4-3-6-17-9-11/h1-2,5,7-8,10-11,17H,3-4,6,9H2,(H,19,20,22). The molecule has 0 spiro atoms. The van der Waals surface area contributed by atoms with Crippen LogP contribution in [-0.4, -0.2) is 33.6 Å². The Bertz CT molecular complexity index is 801. The summed E-state index contributed by atoms with van der Waals surface area (Å²) in [6.07, 6.45) is 4.14. The van der Waals surface area contributed by atoms with E-state index in [1.807, 2.05) is 35.8 Å². The smallest absolute Gasteiger partial charge is 0.276 e. The van der Waals surface area contributed by atoms with Gasteiger partial charge in [-0.05, 0) is 31.5 Å². The van der Waals surface area contributed by atoms with Crippen molar-refractivity contribution in [3.63, 3.8) is 0 Å². The van der Waals surface area contributed by atoms with E-state index < -0.39 is 0 Å². The molecule has 1 fully saturated rings. The van der Waals surface area contributed by atoms with Crippen molar-refractivity contribution >= 4 is 28.6 Å². The van der Waals surface area contributed by atoms with Crippen LogP contribution in [0.4, 0.5) is 5.82 Å². The molecule has 0 saturated carbocycles. The first kappa shape index (κ1) is 14.3. The Labute approximate surface area is 137 Å². The first-order valence-electron chi connectivity index (χ1n) is 7.71. The Hall–Kier alpha value is -2.25. The molecule has 1 atom stereocenters. The molecule has 0 bridgehead atoms. The molecule has 1 unspecified atom stereocenters. The maximum absolute atomic E-state index is 12.4. The molecule has 6 nitrogen and oxygen atoms in total. The van der Waals surface area contributed by atoms with E-state index in [1.165, 1.54) is 0 Å². The minimum atomic E-state index is -0.209. The third kappa shape index (κ3) is 2.97. The fraction of sp³-hybridized carbons (Fsp3) is 0.312. The van der Waals surface area contributed by atoms with Crippen LogP contribution in [0, 0.1) is 0 Å². The zero-order valence-electron chi connectivity index (χ0n) is 12.5. The number of hydrogen-bond donors (Lipinski definition) is 2. The quantitative estimate of drug-likeness (QED) is 0.775.